The van der Waals surface area contributed by atoms with Gasteiger partial charge in [0.25, 0.3) is 10.0 Å². The summed E-state index contributed by atoms with van der Waals surface area (Å²) in [5.41, 5.74) is 6.31. The third kappa shape index (κ3) is 4.98. The number of nitrogens with one attached hydrogen (secondary N) is 3. The molecule has 0 amide bonds. The van der Waals surface area contributed by atoms with Gasteiger partial charge in [0.05, 0.1) is 16.8 Å². The van der Waals surface area contributed by atoms with Crippen LogP contribution in [-0.4, -0.2) is 31.8 Å². The number of amidine groups is 1. The Bertz CT molecular complexity index is 969. The van der Waals surface area contributed by atoms with E-state index in [1.807, 2.05) is 0 Å². The summed E-state index contributed by atoms with van der Waals surface area (Å²) >= 11 is 6.68. The van der Waals surface area contributed by atoms with E-state index in [1.54, 1.807) is 24.3 Å². The normalized spacial score (nSPS) is 12.5. The van der Waals surface area contributed by atoms with E-state index in [0.717, 1.165) is 11.3 Å². The highest BCUT2D eigenvalue weighted by molar-refractivity contribution is 7.91. The highest BCUT2D eigenvalue weighted by atomic mass is 35.5. The maximum absolute atomic E-state index is 12.3. The minimum atomic E-state index is -3.89. The van der Waals surface area contributed by atoms with Crippen LogP contribution in [-0.2, 0) is 21.2 Å². The second-order valence-corrected chi connectivity index (χ2v) is 8.85. The summed E-state index contributed by atoms with van der Waals surface area (Å²) in [5.74, 6) is -0.745. The number of hydrogen-bond acceptors (Lipinski definition) is 6. The maximum Gasteiger partial charge on any atom is 0.250 e. The molecule has 0 aliphatic carbocycles. The molecule has 1 aromatic carbocycles. The van der Waals surface area contributed by atoms with Gasteiger partial charge in [-0.3, -0.25) is 10.2 Å². The lowest BCUT2D eigenvalue weighted by atomic mass is 10.0. The van der Waals surface area contributed by atoms with Crippen molar-refractivity contribution in [3.63, 3.8) is 0 Å². The van der Waals surface area contributed by atoms with Gasteiger partial charge in [0, 0.05) is 17.4 Å². The highest BCUT2D eigenvalue weighted by Crippen LogP contribution is 2.23. The monoisotopic (exact) mass is 412 g/mol. The standard InChI is InChI=1S/C16H17ClN4O3S2/c1-9(21-26(23,24)14-7-12(17)8-25-14)15(22)13(18)6-10-3-2-4-11(5-10)16(19)20/h2-5,7-9,18,21H,6H2,1H3,(H3,19,20)/t9-/m0/s1. The molecule has 2 aromatic rings. The molecule has 0 fully saturated rings. The topological polar surface area (TPSA) is 137 Å². The van der Waals surface area contributed by atoms with Crippen molar-refractivity contribution >= 4 is 50.3 Å². The number of carbonyl (C=O) groups is 1. The molecule has 1 atom stereocenters. The Balaban J connectivity index is 2.06. The van der Waals surface area contributed by atoms with Gasteiger partial charge in [0.2, 0.25) is 0 Å². The molecule has 0 radical (unpaired) electrons. The zero-order valence-electron chi connectivity index (χ0n) is 13.7. The van der Waals surface area contributed by atoms with Crippen LogP contribution in [0.4, 0.5) is 0 Å². The van der Waals surface area contributed by atoms with Gasteiger partial charge >= 0.3 is 0 Å². The Morgan fingerprint density at radius 2 is 2.04 bits per heavy atom. The Morgan fingerprint density at radius 3 is 2.62 bits per heavy atom. The number of thiophene rings is 1. The quantitative estimate of drug-likeness (QED) is 0.390. The number of nitrogen functional groups attached to an aromatic ring is 1. The Labute approximate surface area is 160 Å². The summed E-state index contributed by atoms with van der Waals surface area (Å²) < 4.78 is 26.7. The van der Waals surface area contributed by atoms with Gasteiger partial charge in [-0.1, -0.05) is 29.8 Å². The smallest absolute Gasteiger partial charge is 0.250 e. The van der Waals surface area contributed by atoms with Gasteiger partial charge in [0.15, 0.2) is 5.78 Å². The minimum absolute atomic E-state index is 0.00263. The van der Waals surface area contributed by atoms with Crippen molar-refractivity contribution in [2.45, 2.75) is 23.6 Å². The largest absolute Gasteiger partial charge is 0.384 e. The molecule has 0 saturated heterocycles. The molecule has 5 N–H and O–H groups in total. The van der Waals surface area contributed by atoms with Crippen LogP contribution in [0.2, 0.25) is 5.02 Å². The van der Waals surface area contributed by atoms with E-state index in [9.17, 15) is 13.2 Å². The molecule has 10 heteroatoms. The predicted molar refractivity (Wildman–Crippen MR) is 103 cm³/mol. The summed E-state index contributed by atoms with van der Waals surface area (Å²) in [6, 6.07) is 6.86. The van der Waals surface area contributed by atoms with Crippen molar-refractivity contribution < 1.29 is 13.2 Å². The number of rotatable bonds is 8. The molecule has 138 valence electrons. The lowest BCUT2D eigenvalue weighted by Crippen LogP contribution is -2.41. The SMILES string of the molecule is C[C@H](NS(=O)(=O)c1cc(Cl)cs1)C(=O)C(=N)Cc1cccc(C(=N)N)c1. The maximum atomic E-state index is 12.3. The van der Waals surface area contributed by atoms with Crippen LogP contribution in [0.25, 0.3) is 0 Å². The van der Waals surface area contributed by atoms with E-state index in [2.05, 4.69) is 4.72 Å². The number of ketones is 1. The van der Waals surface area contributed by atoms with Crippen LogP contribution in [0.5, 0.6) is 0 Å². The Kier molecular flexibility index (Phi) is 6.30. The van der Waals surface area contributed by atoms with E-state index in [-0.39, 0.29) is 22.2 Å². The van der Waals surface area contributed by atoms with Crippen LogP contribution in [0.1, 0.15) is 18.1 Å². The molecule has 0 saturated carbocycles. The van der Waals surface area contributed by atoms with Crippen molar-refractivity contribution in [1.82, 2.24) is 4.72 Å². The molecule has 0 aliphatic heterocycles. The van der Waals surface area contributed by atoms with E-state index in [4.69, 9.17) is 28.2 Å². The molecule has 1 aromatic heterocycles. The molecule has 0 unspecified atom stereocenters. The number of Topliss-reactive ketones (excluding diaryl/α,β-unsaturated/α-hetero) is 1. The molecule has 2 rings (SSSR count). The summed E-state index contributed by atoms with van der Waals surface area (Å²) in [6.07, 6.45) is 0.0108. The fraction of sp³-hybridized carbons (Fsp3) is 0.188. The summed E-state index contributed by atoms with van der Waals surface area (Å²) in [4.78, 5) is 12.3. The first-order valence-electron chi connectivity index (χ1n) is 7.41. The minimum Gasteiger partial charge on any atom is -0.384 e. The first kappa shape index (κ1) is 20.2. The van der Waals surface area contributed by atoms with Crippen molar-refractivity contribution in [2.75, 3.05) is 0 Å². The zero-order valence-corrected chi connectivity index (χ0v) is 16.1. The fourth-order valence-electron chi connectivity index (χ4n) is 2.18. The Hall–Kier alpha value is -2.07. The van der Waals surface area contributed by atoms with Gasteiger partial charge in [-0.25, -0.2) is 8.42 Å². The van der Waals surface area contributed by atoms with Crippen LogP contribution in [0, 0.1) is 10.8 Å². The van der Waals surface area contributed by atoms with Crippen molar-refractivity contribution in [3.8, 4) is 0 Å². The fourth-order valence-corrected chi connectivity index (χ4v) is 4.81. The van der Waals surface area contributed by atoms with E-state index in [0.29, 0.717) is 16.1 Å². The molecule has 1 heterocycles. The van der Waals surface area contributed by atoms with Crippen LogP contribution >= 0.6 is 22.9 Å². The Morgan fingerprint density at radius 1 is 1.35 bits per heavy atom. The first-order valence-corrected chi connectivity index (χ1v) is 10.2. The molecule has 0 bridgehead atoms. The molecular formula is C16H17ClN4O3S2. The number of halogens is 1. The van der Waals surface area contributed by atoms with Crippen molar-refractivity contribution in [3.05, 3.63) is 51.9 Å². The number of nitrogens with two attached hydrogens (primary N) is 1. The molecule has 0 spiro atoms. The van der Waals surface area contributed by atoms with E-state index >= 15 is 0 Å². The van der Waals surface area contributed by atoms with Gasteiger partial charge in [-0.05, 0) is 24.6 Å². The highest BCUT2D eigenvalue weighted by Gasteiger charge is 2.25. The van der Waals surface area contributed by atoms with Crippen molar-refractivity contribution in [1.29, 1.82) is 10.8 Å². The van der Waals surface area contributed by atoms with Gasteiger partial charge in [-0.2, -0.15) is 4.72 Å². The second-order valence-electron chi connectivity index (χ2n) is 5.56. The third-order valence-corrected chi connectivity index (χ3v) is 6.78. The molecule has 7 nitrogen and oxygen atoms in total. The molecule has 26 heavy (non-hydrogen) atoms. The third-order valence-electron chi connectivity index (χ3n) is 3.45. The van der Waals surface area contributed by atoms with Gasteiger partial charge in [-0.15, -0.1) is 11.3 Å². The predicted octanol–water partition coefficient (Wildman–Crippen LogP) is 2.18. The van der Waals surface area contributed by atoms with Crippen LogP contribution < -0.4 is 10.5 Å². The van der Waals surface area contributed by atoms with Crippen LogP contribution in [0.3, 0.4) is 0 Å². The van der Waals surface area contributed by atoms with Crippen molar-refractivity contribution in [2.24, 2.45) is 5.73 Å². The lowest BCUT2D eigenvalue weighted by Gasteiger charge is -2.13. The number of carbonyl (C=O) groups excluding carboxylic acids is 1. The second kappa shape index (κ2) is 8.09. The number of benzene rings is 1. The van der Waals surface area contributed by atoms with E-state index in [1.165, 1.54) is 18.4 Å². The first-order chi connectivity index (χ1) is 12.1. The summed E-state index contributed by atoms with van der Waals surface area (Å²) in [6.45, 7) is 1.38. The van der Waals surface area contributed by atoms with Gasteiger partial charge in [0.1, 0.15) is 10.0 Å². The van der Waals surface area contributed by atoms with Crippen LogP contribution in [0.15, 0.2) is 39.9 Å². The van der Waals surface area contributed by atoms with Gasteiger partial charge < -0.3 is 11.1 Å². The molecular weight excluding hydrogens is 396 g/mol. The molecule has 0 aliphatic rings. The summed E-state index contributed by atoms with van der Waals surface area (Å²) in [7, 11) is -3.89. The average molecular weight is 413 g/mol. The summed E-state index contributed by atoms with van der Waals surface area (Å²) in [5, 5.41) is 17.2. The number of hydrogen-bond donors (Lipinski definition) is 4. The zero-order chi connectivity index (χ0) is 19.5. The van der Waals surface area contributed by atoms with E-state index < -0.39 is 21.8 Å². The lowest BCUT2D eigenvalue weighted by molar-refractivity contribution is -0.114. The number of sulfonamides is 1. The average Bonchev–Trinajstić information content (AvgIpc) is 3.01.